The Kier molecular flexibility index (Phi) is 6.21. The summed E-state index contributed by atoms with van der Waals surface area (Å²) in [4.78, 5) is 14.9. The number of rotatable bonds is 7. The van der Waals surface area contributed by atoms with E-state index in [4.69, 9.17) is 4.74 Å². The van der Waals surface area contributed by atoms with Crippen molar-refractivity contribution >= 4 is 5.91 Å². The molecule has 0 spiro atoms. The van der Waals surface area contributed by atoms with E-state index in [1.807, 2.05) is 76.5 Å². The molecule has 1 unspecified atom stereocenters. The first-order chi connectivity index (χ1) is 11.9. The summed E-state index contributed by atoms with van der Waals surface area (Å²) in [7, 11) is 5.69. The summed E-state index contributed by atoms with van der Waals surface area (Å²) in [6.07, 6.45) is 0. The number of methoxy groups -OCH3 is 1. The Labute approximate surface area is 150 Å². The van der Waals surface area contributed by atoms with Gasteiger partial charge in [0.1, 0.15) is 5.75 Å². The number of nitrogens with one attached hydrogen (secondary N) is 1. The SMILES string of the molecule is COc1cccc(C(CNC(=O)C(C)(C)c2ccccc2)N(C)C)c1. The first-order valence-corrected chi connectivity index (χ1v) is 8.50. The van der Waals surface area contributed by atoms with Gasteiger partial charge in [-0.2, -0.15) is 0 Å². The van der Waals surface area contributed by atoms with E-state index in [1.165, 1.54) is 0 Å². The highest BCUT2D eigenvalue weighted by molar-refractivity contribution is 5.87. The Morgan fingerprint density at radius 2 is 1.80 bits per heavy atom. The van der Waals surface area contributed by atoms with E-state index < -0.39 is 5.41 Å². The Bertz CT molecular complexity index is 696. The van der Waals surface area contributed by atoms with Crippen molar-refractivity contribution in [1.82, 2.24) is 10.2 Å². The van der Waals surface area contributed by atoms with Crippen molar-refractivity contribution in [2.45, 2.75) is 25.3 Å². The van der Waals surface area contributed by atoms with Crippen molar-refractivity contribution in [2.75, 3.05) is 27.7 Å². The molecule has 4 nitrogen and oxygen atoms in total. The van der Waals surface area contributed by atoms with Gasteiger partial charge in [0.2, 0.25) is 5.91 Å². The number of likely N-dealkylation sites (N-methyl/N-ethyl adjacent to an activating group) is 1. The van der Waals surface area contributed by atoms with Gasteiger partial charge in [0, 0.05) is 6.54 Å². The summed E-state index contributed by atoms with van der Waals surface area (Å²) in [6.45, 7) is 4.44. The lowest BCUT2D eigenvalue weighted by molar-refractivity contribution is -0.125. The number of hydrogen-bond donors (Lipinski definition) is 1. The lowest BCUT2D eigenvalue weighted by Gasteiger charge is -2.29. The van der Waals surface area contributed by atoms with Gasteiger partial charge in [-0.3, -0.25) is 4.79 Å². The van der Waals surface area contributed by atoms with Gasteiger partial charge in [0.25, 0.3) is 0 Å². The van der Waals surface area contributed by atoms with Crippen LogP contribution in [0.4, 0.5) is 0 Å². The lowest BCUT2D eigenvalue weighted by Crippen LogP contribution is -2.43. The first-order valence-electron chi connectivity index (χ1n) is 8.50. The molecule has 2 aromatic carbocycles. The molecule has 0 aliphatic carbocycles. The summed E-state index contributed by atoms with van der Waals surface area (Å²) < 4.78 is 5.32. The van der Waals surface area contributed by atoms with Crippen molar-refractivity contribution in [3.63, 3.8) is 0 Å². The maximum absolute atomic E-state index is 12.8. The zero-order valence-corrected chi connectivity index (χ0v) is 15.7. The molecule has 0 heterocycles. The predicted molar refractivity (Wildman–Crippen MR) is 102 cm³/mol. The van der Waals surface area contributed by atoms with Crippen LogP contribution in [0, 0.1) is 0 Å². The van der Waals surface area contributed by atoms with Crippen LogP contribution in [0.3, 0.4) is 0 Å². The van der Waals surface area contributed by atoms with E-state index in [9.17, 15) is 4.79 Å². The van der Waals surface area contributed by atoms with E-state index in [1.54, 1.807) is 7.11 Å². The predicted octanol–water partition coefficient (Wildman–Crippen LogP) is 3.39. The molecule has 0 radical (unpaired) electrons. The van der Waals surface area contributed by atoms with Gasteiger partial charge in [-0.25, -0.2) is 0 Å². The summed E-state index contributed by atoms with van der Waals surface area (Å²) in [5.74, 6) is 0.841. The molecule has 0 saturated carbocycles. The van der Waals surface area contributed by atoms with Crippen LogP contribution in [-0.2, 0) is 10.2 Å². The topological polar surface area (TPSA) is 41.6 Å². The second kappa shape index (κ2) is 8.17. The number of hydrogen-bond acceptors (Lipinski definition) is 3. The number of carbonyl (C=O) groups excluding carboxylic acids is 1. The Morgan fingerprint density at radius 1 is 1.12 bits per heavy atom. The Balaban J connectivity index is 2.12. The standard InChI is InChI=1S/C21H28N2O2/c1-21(2,17-11-7-6-8-12-17)20(24)22-15-19(23(3)4)16-10-9-13-18(14-16)25-5/h6-14,19H,15H2,1-5H3,(H,22,24). The van der Waals surface area contributed by atoms with Crippen LogP contribution in [0.1, 0.15) is 31.0 Å². The Morgan fingerprint density at radius 3 is 2.40 bits per heavy atom. The maximum Gasteiger partial charge on any atom is 0.230 e. The second-order valence-corrected chi connectivity index (χ2v) is 6.96. The highest BCUT2D eigenvalue weighted by Gasteiger charge is 2.30. The number of ether oxygens (including phenoxy) is 1. The Hall–Kier alpha value is -2.33. The molecular formula is C21H28N2O2. The van der Waals surface area contributed by atoms with Crippen LogP contribution in [0.5, 0.6) is 5.75 Å². The van der Waals surface area contributed by atoms with Crippen molar-refractivity contribution in [2.24, 2.45) is 0 Å². The van der Waals surface area contributed by atoms with Gasteiger partial charge in [0.05, 0.1) is 18.6 Å². The molecule has 1 atom stereocenters. The molecule has 0 aromatic heterocycles. The number of amides is 1. The van der Waals surface area contributed by atoms with Crippen molar-refractivity contribution < 1.29 is 9.53 Å². The molecule has 1 amide bonds. The number of benzene rings is 2. The zero-order chi connectivity index (χ0) is 18.4. The van der Waals surface area contributed by atoms with Crippen LogP contribution in [-0.4, -0.2) is 38.6 Å². The minimum atomic E-state index is -0.577. The van der Waals surface area contributed by atoms with Crippen molar-refractivity contribution in [3.8, 4) is 5.75 Å². The third-order valence-electron chi connectivity index (χ3n) is 4.62. The third-order valence-corrected chi connectivity index (χ3v) is 4.62. The van der Waals surface area contributed by atoms with E-state index in [2.05, 4.69) is 16.3 Å². The number of nitrogens with zero attached hydrogens (tertiary/aromatic N) is 1. The minimum Gasteiger partial charge on any atom is -0.497 e. The average molecular weight is 340 g/mol. The lowest BCUT2D eigenvalue weighted by atomic mass is 9.83. The molecule has 25 heavy (non-hydrogen) atoms. The normalized spacial score (nSPS) is 12.7. The molecule has 2 aromatic rings. The first kappa shape index (κ1) is 19.0. The van der Waals surface area contributed by atoms with E-state index in [0.29, 0.717) is 6.54 Å². The maximum atomic E-state index is 12.8. The van der Waals surface area contributed by atoms with Crippen molar-refractivity contribution in [1.29, 1.82) is 0 Å². The summed E-state index contributed by atoms with van der Waals surface area (Å²) in [6, 6.07) is 17.9. The van der Waals surface area contributed by atoms with E-state index in [-0.39, 0.29) is 11.9 Å². The minimum absolute atomic E-state index is 0.0217. The summed E-state index contributed by atoms with van der Waals surface area (Å²) in [5.41, 5.74) is 1.55. The van der Waals surface area contributed by atoms with Gasteiger partial charge in [-0.1, -0.05) is 42.5 Å². The van der Waals surface area contributed by atoms with Crippen LogP contribution in [0.25, 0.3) is 0 Å². The zero-order valence-electron chi connectivity index (χ0n) is 15.7. The van der Waals surface area contributed by atoms with Crippen LogP contribution in [0.2, 0.25) is 0 Å². The number of carbonyl (C=O) groups is 1. The third kappa shape index (κ3) is 4.60. The van der Waals surface area contributed by atoms with Crippen molar-refractivity contribution in [3.05, 3.63) is 65.7 Å². The van der Waals surface area contributed by atoms with E-state index >= 15 is 0 Å². The molecule has 1 N–H and O–H groups in total. The molecule has 0 aliphatic heterocycles. The molecule has 0 bridgehead atoms. The van der Waals surface area contributed by atoms with Crippen LogP contribution in [0.15, 0.2) is 54.6 Å². The van der Waals surface area contributed by atoms with Gasteiger partial charge in [0.15, 0.2) is 0 Å². The fourth-order valence-corrected chi connectivity index (χ4v) is 2.84. The highest BCUT2D eigenvalue weighted by Crippen LogP contribution is 2.25. The molecular weight excluding hydrogens is 312 g/mol. The smallest absolute Gasteiger partial charge is 0.230 e. The highest BCUT2D eigenvalue weighted by atomic mass is 16.5. The van der Waals surface area contributed by atoms with E-state index in [0.717, 1.165) is 16.9 Å². The van der Waals surface area contributed by atoms with Gasteiger partial charge < -0.3 is 15.0 Å². The second-order valence-electron chi connectivity index (χ2n) is 6.96. The molecule has 0 saturated heterocycles. The molecule has 0 aliphatic rings. The van der Waals surface area contributed by atoms with Gasteiger partial charge in [-0.05, 0) is 51.2 Å². The summed E-state index contributed by atoms with van der Waals surface area (Å²) >= 11 is 0. The van der Waals surface area contributed by atoms with Gasteiger partial charge >= 0.3 is 0 Å². The fourth-order valence-electron chi connectivity index (χ4n) is 2.84. The molecule has 0 fully saturated rings. The van der Waals surface area contributed by atoms with Crippen LogP contribution < -0.4 is 10.1 Å². The molecule has 134 valence electrons. The average Bonchev–Trinajstić information content (AvgIpc) is 2.62. The quantitative estimate of drug-likeness (QED) is 0.840. The summed E-state index contributed by atoms with van der Waals surface area (Å²) in [5, 5.41) is 3.12. The fraction of sp³-hybridized carbons (Fsp3) is 0.381. The van der Waals surface area contributed by atoms with Gasteiger partial charge in [-0.15, -0.1) is 0 Å². The molecule has 2 rings (SSSR count). The largest absolute Gasteiger partial charge is 0.497 e. The monoisotopic (exact) mass is 340 g/mol. The van der Waals surface area contributed by atoms with Crippen LogP contribution >= 0.6 is 0 Å². The molecule has 4 heteroatoms.